The largest absolute Gasteiger partial charge is 0.493 e. The Morgan fingerprint density at radius 3 is 0.786 bits per heavy atom. The van der Waals surface area contributed by atoms with Crippen molar-refractivity contribution in [2.24, 2.45) is 0 Å². The number of rotatable bonds is 40. The summed E-state index contributed by atoms with van der Waals surface area (Å²) in [5.74, 6) is 3.34. The van der Waals surface area contributed by atoms with E-state index in [-0.39, 0.29) is 24.2 Å². The molecule has 3 aliphatic rings. The molecule has 8 bridgehead atoms. The SMILES string of the molecule is CCCOc1c2cccc1Cc1cc(C[C@@H](O)C[C@H]3N[C@H](COCc4ccccc4)[C@@H](OCc4ccccc4)[C@@H]3OCc3ccccc3)cc(c1OCCC)Cc1cccc(c1OCCC)Cc1cc(C[C@@H](O)C[C@H]3N[C@H](COCc4ccccc4)[C@@H](OCc4ccccc4)[C@@H]3OCc3ccccc3)cc(c1OCCC)C2. The standard InChI is InChI=1S/C98H114N2O12/c1-5-45-105-91-77-41-27-42-78(91)56-82-50-76(54-86(102)60-88-96(110-64-72-35-21-12-22-36-72)98(112-66-74-39-25-14-26-40-74)90(100-88)68-104-62-70-31-17-10-18-32-70)52-84(94(82)108-48-8-4)58-80-44-28-43-79(92(80)106-46-6-2)57-83-51-75(49-81(55-77)93(83)107-47-7-3)53-85(101)59-87-95(109-63-71-33-19-11-20-34-71)97(111-65-73-37-23-13-24-38-73)89(99-87)67-103-61-69-29-15-9-16-30-69/h9-44,49-52,85-90,95-102H,5-8,45-48,53-68H2,1-4H3/t85-,86-,87-,88-,89-,90-,95-,96-,97-,98-/m1/s1. The Morgan fingerprint density at radius 1 is 0.286 bits per heavy atom. The molecule has 2 saturated heterocycles. The van der Waals surface area contributed by atoms with Crippen molar-refractivity contribution in [3.8, 4) is 23.0 Å². The molecule has 0 amide bonds. The molecule has 14 nitrogen and oxygen atoms in total. The van der Waals surface area contributed by atoms with Gasteiger partial charge in [0.05, 0.1) is 104 Å². The molecule has 588 valence electrons. The van der Waals surface area contributed by atoms with Crippen LogP contribution in [0.3, 0.4) is 0 Å². The molecule has 1 aliphatic carbocycles. The van der Waals surface area contributed by atoms with Gasteiger partial charge in [-0.1, -0.05) is 270 Å². The average Bonchev–Trinajstić information content (AvgIpc) is 0.874. The minimum atomic E-state index is -0.794. The second kappa shape index (κ2) is 42.2. The lowest BCUT2D eigenvalue weighted by molar-refractivity contribution is -0.0881. The Hall–Kier alpha value is -9.00. The summed E-state index contributed by atoms with van der Waals surface area (Å²) in [7, 11) is 0. The number of hydrogen-bond acceptors (Lipinski definition) is 14. The third-order valence-corrected chi connectivity index (χ3v) is 21.3. The third kappa shape index (κ3) is 22.7. The van der Waals surface area contributed by atoms with Gasteiger partial charge in [-0.2, -0.15) is 0 Å². The lowest BCUT2D eigenvalue weighted by Crippen LogP contribution is -2.40. The van der Waals surface area contributed by atoms with Gasteiger partial charge < -0.3 is 68.2 Å². The van der Waals surface area contributed by atoms with E-state index in [1.165, 1.54) is 0 Å². The van der Waals surface area contributed by atoms with Gasteiger partial charge in [0.1, 0.15) is 47.4 Å². The number of hydrogen-bond donors (Lipinski definition) is 4. The minimum Gasteiger partial charge on any atom is -0.493 e. The first-order valence-electron chi connectivity index (χ1n) is 40.9. The van der Waals surface area contributed by atoms with Gasteiger partial charge in [0.2, 0.25) is 0 Å². The first-order valence-corrected chi connectivity index (χ1v) is 40.9. The fourth-order valence-electron chi connectivity index (χ4n) is 16.1. The Labute approximate surface area is 664 Å². The quantitative estimate of drug-likeness (QED) is 0.0288. The van der Waals surface area contributed by atoms with E-state index in [9.17, 15) is 10.2 Å². The van der Waals surface area contributed by atoms with E-state index in [0.717, 1.165) is 138 Å². The van der Waals surface area contributed by atoms with E-state index in [4.69, 9.17) is 47.4 Å². The number of ether oxygens (including phenoxy) is 10. The van der Waals surface area contributed by atoms with Crippen LogP contribution in [0, 0.1) is 0 Å². The molecule has 10 aromatic rings. The first kappa shape index (κ1) is 81.0. The minimum absolute atomic E-state index is 0.233. The average molecular weight is 1510 g/mol. The van der Waals surface area contributed by atoms with E-state index in [1.807, 2.05) is 109 Å². The number of nitrogens with one attached hydrogen (secondary N) is 2. The predicted octanol–water partition coefficient (Wildman–Crippen LogP) is 17.6. The topological polar surface area (TPSA) is 157 Å². The predicted molar refractivity (Wildman–Crippen MR) is 442 cm³/mol. The van der Waals surface area contributed by atoms with Crippen LogP contribution in [0.15, 0.2) is 243 Å². The summed E-state index contributed by atoms with van der Waals surface area (Å²) in [6, 6.07) is 82.6. The summed E-state index contributed by atoms with van der Waals surface area (Å²) in [5.41, 5.74) is 16.6. The summed E-state index contributed by atoms with van der Waals surface area (Å²) in [5, 5.41) is 33.6. The van der Waals surface area contributed by atoms with Gasteiger partial charge in [-0.05, 0) is 140 Å². The van der Waals surface area contributed by atoms with Crippen LogP contribution in [0.25, 0.3) is 0 Å². The molecule has 0 unspecified atom stereocenters. The summed E-state index contributed by atoms with van der Waals surface area (Å²) < 4.78 is 69.2. The molecule has 0 aromatic heterocycles. The second-order valence-electron chi connectivity index (χ2n) is 30.4. The van der Waals surface area contributed by atoms with Crippen LogP contribution < -0.4 is 29.6 Å². The lowest BCUT2D eigenvalue weighted by atomic mass is 9.88. The van der Waals surface area contributed by atoms with E-state index < -0.39 is 36.6 Å². The number of para-hydroxylation sites is 2. The fourth-order valence-corrected chi connectivity index (χ4v) is 16.1. The van der Waals surface area contributed by atoms with Gasteiger partial charge in [-0.15, -0.1) is 0 Å². The summed E-state index contributed by atoms with van der Waals surface area (Å²) in [6.45, 7) is 13.9. The van der Waals surface area contributed by atoms with Gasteiger partial charge in [-0.25, -0.2) is 0 Å². The van der Waals surface area contributed by atoms with Crippen molar-refractivity contribution in [3.63, 3.8) is 0 Å². The highest BCUT2D eigenvalue weighted by Crippen LogP contribution is 2.42. The van der Waals surface area contributed by atoms with Crippen LogP contribution in [-0.4, -0.2) is 111 Å². The van der Waals surface area contributed by atoms with Crippen molar-refractivity contribution in [2.45, 2.75) is 205 Å². The molecule has 2 aliphatic heterocycles. The highest BCUT2D eigenvalue weighted by atomic mass is 16.6. The van der Waals surface area contributed by atoms with Crippen molar-refractivity contribution in [3.05, 3.63) is 332 Å². The molecule has 0 saturated carbocycles. The van der Waals surface area contributed by atoms with E-state index in [0.29, 0.717) is 131 Å². The molecule has 0 radical (unpaired) electrons. The van der Waals surface area contributed by atoms with Gasteiger partial charge in [0.15, 0.2) is 0 Å². The van der Waals surface area contributed by atoms with Crippen molar-refractivity contribution < 1.29 is 57.6 Å². The van der Waals surface area contributed by atoms with Crippen LogP contribution in [0.1, 0.15) is 155 Å². The summed E-state index contributed by atoms with van der Waals surface area (Å²) in [6.07, 6.45) is 3.49. The van der Waals surface area contributed by atoms with Crippen molar-refractivity contribution >= 4 is 0 Å². The molecule has 2 fully saturated rings. The smallest absolute Gasteiger partial charge is 0.126 e. The van der Waals surface area contributed by atoms with Crippen LogP contribution in [0.2, 0.25) is 0 Å². The van der Waals surface area contributed by atoms with Gasteiger partial charge in [0.25, 0.3) is 0 Å². The van der Waals surface area contributed by atoms with Crippen LogP contribution >= 0.6 is 0 Å². The Bertz CT molecular complexity index is 4070. The monoisotopic (exact) mass is 1510 g/mol. The molecule has 13 rings (SSSR count). The lowest BCUT2D eigenvalue weighted by Gasteiger charge is -2.27. The zero-order valence-electron chi connectivity index (χ0n) is 65.8. The summed E-state index contributed by atoms with van der Waals surface area (Å²) in [4.78, 5) is 0. The molecule has 2 heterocycles. The maximum Gasteiger partial charge on any atom is 0.126 e. The number of benzene rings is 10. The van der Waals surface area contributed by atoms with Crippen molar-refractivity contribution in [1.82, 2.24) is 10.6 Å². The highest BCUT2D eigenvalue weighted by molar-refractivity contribution is 5.58. The van der Waals surface area contributed by atoms with Crippen LogP contribution in [0.5, 0.6) is 23.0 Å². The van der Waals surface area contributed by atoms with E-state index in [1.54, 1.807) is 0 Å². The maximum absolute atomic E-state index is 12.9. The number of aliphatic hydroxyl groups is 2. The highest BCUT2D eigenvalue weighted by Gasteiger charge is 2.47. The van der Waals surface area contributed by atoms with Gasteiger partial charge in [0, 0.05) is 37.8 Å². The molecule has 4 N–H and O–H groups in total. The van der Waals surface area contributed by atoms with Gasteiger partial charge >= 0.3 is 0 Å². The van der Waals surface area contributed by atoms with E-state index in [2.05, 4.69) is 172 Å². The molecular weight excluding hydrogens is 1400 g/mol. The molecule has 10 aromatic carbocycles. The number of fused-ring (bicyclic) bond motifs is 8. The second-order valence-corrected chi connectivity index (χ2v) is 30.4. The molecule has 14 heteroatoms. The van der Waals surface area contributed by atoms with Crippen molar-refractivity contribution in [2.75, 3.05) is 39.6 Å². The van der Waals surface area contributed by atoms with Gasteiger partial charge in [-0.3, -0.25) is 0 Å². The molecule has 112 heavy (non-hydrogen) atoms. The Morgan fingerprint density at radius 2 is 0.527 bits per heavy atom. The Kier molecular flexibility index (Phi) is 30.5. The zero-order valence-corrected chi connectivity index (χ0v) is 65.8. The van der Waals surface area contributed by atoms with Crippen LogP contribution in [-0.2, 0) is 107 Å². The number of aliphatic hydroxyl groups excluding tert-OH is 2. The molecule has 10 atom stereocenters. The summed E-state index contributed by atoms with van der Waals surface area (Å²) >= 11 is 0. The maximum atomic E-state index is 12.9. The third-order valence-electron chi connectivity index (χ3n) is 21.3. The fraction of sp³-hybridized carbons (Fsp3) is 0.388. The van der Waals surface area contributed by atoms with Crippen LogP contribution in [0.4, 0.5) is 0 Å². The van der Waals surface area contributed by atoms with E-state index >= 15 is 0 Å². The normalized spacial score (nSPS) is 19.3. The zero-order chi connectivity index (χ0) is 77.1. The Balaban J connectivity index is 0.838. The first-order chi connectivity index (χ1) is 55.1. The molecule has 0 spiro atoms. The molecular formula is C98H114N2O12. The van der Waals surface area contributed by atoms with Crippen molar-refractivity contribution in [1.29, 1.82) is 0 Å².